The van der Waals surface area contributed by atoms with E-state index >= 15 is 0 Å². The van der Waals surface area contributed by atoms with Crippen LogP contribution in [0.3, 0.4) is 0 Å². The minimum atomic E-state index is -5.02. The number of Topliss-reactive ketones (excluding diaryl/α,β-unsaturated/α-hetero) is 1. The minimum Gasteiger partial charge on any atom is -0.480 e. The van der Waals surface area contributed by atoms with Gasteiger partial charge in [-0.15, -0.1) is 23.5 Å². The molecular formula is C87H74F21N13O9S2. The lowest BCUT2D eigenvalue weighted by molar-refractivity contribution is -0.148. The molecule has 7 N–H and O–H groups in total. The van der Waals surface area contributed by atoms with E-state index in [1.54, 1.807) is 54.7 Å². The van der Waals surface area contributed by atoms with E-state index in [0.29, 0.717) is 67.3 Å². The SMILES string of the molecule is CCOC(=O)Cn1nc(C(F)(F)F)c2c1C1CC1C2(F)F.CCOC(=O)Cn1nc(C(F)(F)F)c2c1C1CC1C21SCCS1.Cc1nn(CC(=O)C[C@@H](Cc2cc(F)cc(F)c2)c2ncccc2-c2ccc(F)c(C(N)=O)c2)c2c1C(F)(F)C1CC21.NC(=O)c1cc(-c2cccnc2[C@@H](N)Cc2cc(F)cc(F)c2)ccc1F.O=C(O)Cn1nc(C(F)(F)F)c2c1C1CC1C2(F)F. The van der Waals surface area contributed by atoms with Crippen LogP contribution in [0.4, 0.5) is 92.2 Å². The molecule has 0 radical (unpaired) electrons. The average molecular weight is 1910 g/mol. The van der Waals surface area contributed by atoms with Crippen LogP contribution in [0.5, 0.6) is 0 Å². The van der Waals surface area contributed by atoms with Crippen LogP contribution in [0.1, 0.15) is 193 Å². The average Bonchev–Trinajstić information content (AvgIpc) is 1.50. The lowest BCUT2D eigenvalue weighted by Crippen LogP contribution is -2.20. The fourth-order valence-electron chi connectivity index (χ4n) is 18.5. The molecule has 2 amide bonds. The van der Waals surface area contributed by atoms with Crippen LogP contribution in [0.2, 0.25) is 0 Å². The topological polar surface area (TPSA) is 316 Å². The molecule has 5 fully saturated rings. The number of carbonyl (C=O) groups is 6. The second-order valence-electron chi connectivity index (χ2n) is 32.8. The van der Waals surface area contributed by atoms with Gasteiger partial charge in [-0.05, 0) is 148 Å². The Kier molecular flexibility index (Phi) is 25.4. The first-order valence-corrected chi connectivity index (χ1v) is 42.8. The molecule has 132 heavy (non-hydrogen) atoms. The van der Waals surface area contributed by atoms with Gasteiger partial charge in [0.05, 0.1) is 91.9 Å². The summed E-state index contributed by atoms with van der Waals surface area (Å²) in [6.45, 7) is 3.02. The van der Waals surface area contributed by atoms with Crippen molar-refractivity contribution in [1.29, 1.82) is 0 Å². The Hall–Kier alpha value is -11.8. The number of aliphatic carboxylic acids is 1. The van der Waals surface area contributed by atoms with Crippen LogP contribution in [0.15, 0.2) is 109 Å². The zero-order valence-electron chi connectivity index (χ0n) is 68.9. The molecule has 4 saturated carbocycles. The Morgan fingerprint density at radius 3 is 1.28 bits per heavy atom. The van der Waals surface area contributed by atoms with Gasteiger partial charge in [-0.2, -0.15) is 59.9 Å². The molecule has 7 heterocycles. The number of primary amides is 2. The number of thioether (sulfide) groups is 2. The Morgan fingerprint density at radius 1 is 0.485 bits per heavy atom. The number of fused-ring (bicyclic) bond motifs is 14. The van der Waals surface area contributed by atoms with Gasteiger partial charge in [0.25, 0.3) is 29.6 Å². The monoisotopic (exact) mass is 1910 g/mol. The van der Waals surface area contributed by atoms with Crippen molar-refractivity contribution in [1.82, 2.24) is 49.1 Å². The quantitative estimate of drug-likeness (QED) is 0.0362. The number of carbonyl (C=O) groups excluding carboxylic acids is 5. The van der Waals surface area contributed by atoms with E-state index in [1.165, 1.54) is 72.0 Å². The summed E-state index contributed by atoms with van der Waals surface area (Å²) in [7, 11) is 0. The number of aryl methyl sites for hydroxylation is 1. The van der Waals surface area contributed by atoms with Crippen LogP contribution >= 0.6 is 23.5 Å². The number of carboxylic acids is 1. The van der Waals surface area contributed by atoms with Gasteiger partial charge in [-0.1, -0.05) is 24.3 Å². The summed E-state index contributed by atoms with van der Waals surface area (Å²) in [5, 5.41) is 22.9. The zero-order chi connectivity index (χ0) is 95.6. The molecule has 1 aliphatic heterocycles. The van der Waals surface area contributed by atoms with Gasteiger partial charge < -0.3 is 31.8 Å². The van der Waals surface area contributed by atoms with Crippen molar-refractivity contribution in [3.05, 3.63) is 246 Å². The number of hydrogen-bond donors (Lipinski definition) is 4. The summed E-state index contributed by atoms with van der Waals surface area (Å²) >= 11 is 3.22. The summed E-state index contributed by atoms with van der Waals surface area (Å²) in [5.41, 5.74) is 14.3. The predicted octanol–water partition coefficient (Wildman–Crippen LogP) is 17.6. The van der Waals surface area contributed by atoms with E-state index in [4.69, 9.17) is 27.0 Å². The van der Waals surface area contributed by atoms with Gasteiger partial charge in [-0.3, -0.25) is 57.5 Å². The Labute approximate surface area is 741 Å². The lowest BCUT2D eigenvalue weighted by Gasteiger charge is -2.25. The smallest absolute Gasteiger partial charge is 0.435 e. The molecule has 10 aromatic rings. The molecule has 8 unspecified atom stereocenters. The number of pyridine rings is 2. The molecule has 9 aliphatic rings. The minimum absolute atomic E-state index is 0.00726. The predicted molar refractivity (Wildman–Crippen MR) is 427 cm³/mol. The molecule has 700 valence electrons. The number of rotatable bonds is 22. The Balaban J connectivity index is 0.000000130. The number of nitrogens with zero attached hydrogens (tertiary/aromatic N) is 10. The van der Waals surface area contributed by atoms with E-state index in [2.05, 4.69) is 35.1 Å². The number of benzene rings is 4. The van der Waals surface area contributed by atoms with E-state index in [1.807, 2.05) is 0 Å². The molecule has 0 bridgehead atoms. The molecule has 10 atom stereocenters. The maximum Gasteiger partial charge on any atom is 0.435 e. The number of halogens is 21. The first kappa shape index (κ1) is 94.9. The number of ketones is 1. The highest BCUT2D eigenvalue weighted by atomic mass is 32.2. The van der Waals surface area contributed by atoms with E-state index in [9.17, 15) is 121 Å². The molecule has 1 saturated heterocycles. The van der Waals surface area contributed by atoms with Crippen LogP contribution in [0, 0.1) is 65.5 Å². The summed E-state index contributed by atoms with van der Waals surface area (Å²) in [5.74, 6) is -23.0. The van der Waals surface area contributed by atoms with Gasteiger partial charge >= 0.3 is 36.4 Å². The lowest BCUT2D eigenvalue weighted by atomic mass is 9.86. The number of aromatic nitrogens is 10. The summed E-state index contributed by atoms with van der Waals surface area (Å²) in [6, 6.07) is 20.0. The highest BCUT2D eigenvalue weighted by Crippen LogP contribution is 2.77. The summed E-state index contributed by atoms with van der Waals surface area (Å²) in [4.78, 5) is 79.2. The van der Waals surface area contributed by atoms with Crippen LogP contribution in [0.25, 0.3) is 22.3 Å². The molecule has 22 nitrogen and oxygen atoms in total. The molecule has 19 rings (SSSR count). The van der Waals surface area contributed by atoms with Gasteiger partial charge in [0, 0.05) is 112 Å². The fourth-order valence-corrected chi connectivity index (χ4v) is 22.3. The fraction of sp³-hybridized carbons (Fsp3) is 0.402. The van der Waals surface area contributed by atoms with Crippen LogP contribution in [-0.4, -0.2) is 114 Å². The number of ether oxygens (including phenoxy) is 2. The first-order chi connectivity index (χ1) is 62.0. The Morgan fingerprint density at radius 2 is 0.856 bits per heavy atom. The van der Waals surface area contributed by atoms with Gasteiger partial charge in [0.2, 0.25) is 0 Å². The molecule has 1 spiro atoms. The van der Waals surface area contributed by atoms with Crippen molar-refractivity contribution < 1.29 is 136 Å². The highest BCUT2D eigenvalue weighted by molar-refractivity contribution is 8.20. The zero-order valence-corrected chi connectivity index (χ0v) is 70.6. The largest absolute Gasteiger partial charge is 0.480 e. The molecular weight excluding hydrogens is 1830 g/mol. The maximum absolute atomic E-state index is 14.8. The number of alkyl halides is 15. The standard InChI is InChI=1S/C31H25F5N4O2.C20H16F3N3O.C14H15F3N2O2S2.C12H11F5N2O2.C10H7F5N2O2/c1-15-27-29(23-13-25(23)31(27,35)36)40(39-15)14-21(41)10-18(7-16-8-19(32)12-20(33)9-16)28-22(3-2-6-38-28)17-4-5-26(34)24(11-17)30(37)42;21-13-6-11(7-14(22)10-13)8-18(24)19-15(2-1-5-26-19)12-3-4-17(23)16(9-12)20(25)27;1-2-21-9(20)6-19-11-7-5-8(7)13(22-3-4-23-13)10(11)12(18-19)14(15,16)17;1-2-21-7(20)4-19-9-5-3-6(5)11(13,14)8(9)10(18-19)12(15,16)17;11-9(12)4-1-3(4)7-6(9)8(10(13,14)15)16-17(7)2-5(18)19/h2-6,8-9,11-12,18,23,25H,7,10,13-14H2,1H3,(H2,37,42);1-7,9-10,18H,8,24H2,(H2,25,27);7-8H,2-6H2,1H3;5-6H,2-4H2,1H3;3-4H,1-2H2,(H,18,19)/t18-,23?,25?;18-;;;/m10.../s1. The maximum atomic E-state index is 14.8. The van der Waals surface area contributed by atoms with Crippen molar-refractivity contribution in [3.8, 4) is 22.3 Å². The third-order valence-corrected chi connectivity index (χ3v) is 27.7. The van der Waals surface area contributed by atoms with Crippen molar-refractivity contribution in [2.24, 2.45) is 40.9 Å². The third kappa shape index (κ3) is 18.4. The van der Waals surface area contributed by atoms with Crippen LogP contribution in [-0.2, 0) is 108 Å². The number of hydrogen-bond acceptors (Lipinski definition) is 17. The molecule has 4 aromatic carbocycles. The van der Waals surface area contributed by atoms with E-state index < -0.39 is 188 Å². The Bertz CT molecular complexity index is 6220. The van der Waals surface area contributed by atoms with Crippen molar-refractivity contribution >= 4 is 59.0 Å². The first-order valence-electron chi connectivity index (χ1n) is 40.8. The van der Waals surface area contributed by atoms with Crippen molar-refractivity contribution in [2.45, 2.75) is 168 Å². The number of nitrogens with two attached hydrogens (primary N) is 3. The second-order valence-corrected chi connectivity index (χ2v) is 35.8. The van der Waals surface area contributed by atoms with Crippen LogP contribution < -0.4 is 17.2 Å². The normalized spacial score (nSPS) is 21.1. The summed E-state index contributed by atoms with van der Waals surface area (Å²) in [6.07, 6.45) is -10.1. The van der Waals surface area contributed by atoms with Gasteiger partial charge in [-0.25, -0.2) is 52.7 Å². The summed E-state index contributed by atoms with van der Waals surface area (Å²) < 4.78 is 298. The number of amides is 2. The molecule has 45 heteroatoms. The van der Waals surface area contributed by atoms with E-state index in [-0.39, 0.29) is 121 Å². The van der Waals surface area contributed by atoms with Gasteiger partial charge in [0.1, 0.15) is 54.5 Å². The third-order valence-electron chi connectivity index (χ3n) is 24.0. The molecule has 8 aliphatic carbocycles. The number of carboxylic acid groups (broad SMARTS) is 1. The second kappa shape index (κ2) is 35.3. The molecule has 6 aromatic heterocycles. The highest BCUT2D eigenvalue weighted by Gasteiger charge is 2.72. The van der Waals surface area contributed by atoms with Crippen molar-refractivity contribution in [3.63, 3.8) is 0 Å². The van der Waals surface area contributed by atoms with E-state index in [0.717, 1.165) is 59.0 Å². The van der Waals surface area contributed by atoms with Crippen molar-refractivity contribution in [2.75, 3.05) is 24.7 Å². The number of esters is 2. The van der Waals surface area contributed by atoms with Gasteiger partial charge in [0.15, 0.2) is 22.9 Å².